The maximum Gasteiger partial charge on any atom is 0.241 e. The Labute approximate surface area is 159 Å². The molecule has 0 aliphatic carbocycles. The summed E-state index contributed by atoms with van der Waals surface area (Å²) in [6.45, 7) is 1.96. The Hall–Kier alpha value is -3.24. The lowest BCUT2D eigenvalue weighted by atomic mass is 10.1. The molecule has 0 saturated heterocycles. The predicted molar refractivity (Wildman–Crippen MR) is 111 cm³/mol. The molecule has 1 aromatic heterocycles. The monoisotopic (exact) mass is 357 g/mol. The number of amides is 1. The number of carbonyl (C=O) groups is 1. The van der Waals surface area contributed by atoms with Crippen molar-refractivity contribution in [3.05, 3.63) is 95.3 Å². The molecule has 136 valence electrons. The largest absolute Gasteiger partial charge is 0.325 e. The molecule has 0 bridgehead atoms. The third-order valence-corrected chi connectivity index (χ3v) is 4.15. The van der Waals surface area contributed by atoms with E-state index in [9.17, 15) is 4.79 Å². The minimum atomic E-state index is -0.594. The van der Waals surface area contributed by atoms with Crippen LogP contribution in [0.3, 0.4) is 0 Å². The van der Waals surface area contributed by atoms with Gasteiger partial charge in [0.05, 0.1) is 11.7 Å². The van der Waals surface area contributed by atoms with Gasteiger partial charge in [-0.2, -0.15) is 0 Å². The molecule has 1 heterocycles. The number of benzene rings is 2. The third-order valence-electron chi connectivity index (χ3n) is 4.15. The molecule has 0 radical (unpaired) electrons. The van der Waals surface area contributed by atoms with Crippen molar-refractivity contribution >= 4 is 23.7 Å². The maximum atomic E-state index is 12.4. The van der Waals surface area contributed by atoms with Crippen LogP contribution in [0.2, 0.25) is 0 Å². The van der Waals surface area contributed by atoms with Crippen molar-refractivity contribution in [3.63, 3.8) is 0 Å². The van der Waals surface area contributed by atoms with Gasteiger partial charge < -0.3 is 11.1 Å². The van der Waals surface area contributed by atoms with E-state index >= 15 is 0 Å². The molecule has 0 aliphatic heterocycles. The molecule has 27 heavy (non-hydrogen) atoms. The fourth-order valence-corrected chi connectivity index (χ4v) is 2.75. The van der Waals surface area contributed by atoms with Crippen LogP contribution in [0, 0.1) is 6.92 Å². The van der Waals surface area contributed by atoms with E-state index in [1.807, 2.05) is 91.9 Å². The standard InChI is InChI=1S/C23H23N3O/c1-17-7-5-11-20(25-17)14-13-19-10-6-12-21(15-19)26-23(27)22(24)16-18-8-3-2-4-9-18/h2-15,22H,16,24H2,1H3,(H,26,27)/b14-13+. The van der Waals surface area contributed by atoms with Crippen LogP contribution in [-0.4, -0.2) is 16.9 Å². The van der Waals surface area contributed by atoms with E-state index in [-0.39, 0.29) is 5.91 Å². The fraction of sp³-hybridized carbons (Fsp3) is 0.130. The van der Waals surface area contributed by atoms with Gasteiger partial charge in [0.2, 0.25) is 5.91 Å². The Balaban J connectivity index is 1.64. The number of aromatic nitrogens is 1. The molecule has 0 fully saturated rings. The molecule has 0 saturated carbocycles. The Bertz CT molecular complexity index is 935. The van der Waals surface area contributed by atoms with Gasteiger partial charge in [0.1, 0.15) is 0 Å². The summed E-state index contributed by atoms with van der Waals surface area (Å²) in [5, 5.41) is 2.90. The number of hydrogen-bond donors (Lipinski definition) is 2. The minimum absolute atomic E-state index is 0.194. The molecule has 3 rings (SSSR count). The first-order chi connectivity index (χ1) is 13.1. The number of aryl methyl sites for hydroxylation is 1. The molecular formula is C23H23N3O. The zero-order valence-corrected chi connectivity index (χ0v) is 15.3. The van der Waals surface area contributed by atoms with E-state index in [2.05, 4.69) is 10.3 Å². The van der Waals surface area contributed by atoms with Crippen molar-refractivity contribution in [2.24, 2.45) is 5.73 Å². The average Bonchev–Trinajstić information content (AvgIpc) is 2.67. The van der Waals surface area contributed by atoms with Crippen LogP contribution >= 0.6 is 0 Å². The van der Waals surface area contributed by atoms with Crippen LogP contribution in [0.15, 0.2) is 72.8 Å². The molecule has 3 aromatic rings. The van der Waals surface area contributed by atoms with E-state index in [4.69, 9.17) is 5.73 Å². The third kappa shape index (κ3) is 5.62. The van der Waals surface area contributed by atoms with E-state index in [0.29, 0.717) is 6.42 Å². The van der Waals surface area contributed by atoms with Crippen molar-refractivity contribution < 1.29 is 4.79 Å². The topological polar surface area (TPSA) is 68.0 Å². The van der Waals surface area contributed by atoms with Gasteiger partial charge in [0, 0.05) is 11.4 Å². The second-order valence-corrected chi connectivity index (χ2v) is 6.45. The van der Waals surface area contributed by atoms with Crippen molar-refractivity contribution in [2.75, 3.05) is 5.32 Å². The molecule has 4 heteroatoms. The number of nitrogens with two attached hydrogens (primary N) is 1. The maximum absolute atomic E-state index is 12.4. The van der Waals surface area contributed by atoms with Crippen LogP contribution in [0.4, 0.5) is 5.69 Å². The first-order valence-electron chi connectivity index (χ1n) is 8.92. The van der Waals surface area contributed by atoms with E-state index < -0.39 is 6.04 Å². The lowest BCUT2D eigenvalue weighted by molar-refractivity contribution is -0.117. The lowest BCUT2D eigenvalue weighted by Gasteiger charge is -2.12. The van der Waals surface area contributed by atoms with Gasteiger partial charge in [-0.25, -0.2) is 0 Å². The number of pyridine rings is 1. The van der Waals surface area contributed by atoms with E-state index in [1.54, 1.807) is 0 Å². The summed E-state index contributed by atoms with van der Waals surface area (Å²) in [5.41, 5.74) is 10.7. The molecule has 1 unspecified atom stereocenters. The highest BCUT2D eigenvalue weighted by atomic mass is 16.2. The zero-order valence-electron chi connectivity index (χ0n) is 15.3. The van der Waals surface area contributed by atoms with Gasteiger partial charge >= 0.3 is 0 Å². The van der Waals surface area contributed by atoms with Crippen LogP contribution in [0.5, 0.6) is 0 Å². The summed E-state index contributed by atoms with van der Waals surface area (Å²) < 4.78 is 0. The van der Waals surface area contributed by atoms with E-state index in [1.165, 1.54) is 0 Å². The predicted octanol–water partition coefficient (Wildman–Crippen LogP) is 4.07. The number of nitrogens with one attached hydrogen (secondary N) is 1. The van der Waals surface area contributed by atoms with E-state index in [0.717, 1.165) is 28.2 Å². The number of rotatable bonds is 6. The van der Waals surface area contributed by atoms with Crippen molar-refractivity contribution in [2.45, 2.75) is 19.4 Å². The van der Waals surface area contributed by atoms with Crippen LogP contribution in [0.1, 0.15) is 22.5 Å². The second kappa shape index (κ2) is 8.92. The molecule has 3 N–H and O–H groups in total. The Kier molecular flexibility index (Phi) is 6.13. The molecule has 2 aromatic carbocycles. The van der Waals surface area contributed by atoms with Crippen LogP contribution < -0.4 is 11.1 Å². The number of carbonyl (C=O) groups excluding carboxylic acids is 1. The van der Waals surface area contributed by atoms with Gasteiger partial charge in [0.25, 0.3) is 0 Å². The Morgan fingerprint density at radius 3 is 2.59 bits per heavy atom. The summed E-state index contributed by atoms with van der Waals surface area (Å²) in [5.74, 6) is -0.194. The smallest absolute Gasteiger partial charge is 0.241 e. The zero-order chi connectivity index (χ0) is 19.1. The SMILES string of the molecule is Cc1cccc(/C=C/c2cccc(NC(=O)C(N)Cc3ccccc3)c2)n1. The lowest BCUT2D eigenvalue weighted by Crippen LogP contribution is -2.37. The summed E-state index contributed by atoms with van der Waals surface area (Å²) in [4.78, 5) is 16.8. The highest BCUT2D eigenvalue weighted by Gasteiger charge is 2.14. The summed E-state index contributed by atoms with van der Waals surface area (Å²) in [6.07, 6.45) is 4.43. The first kappa shape index (κ1) is 18.5. The van der Waals surface area contributed by atoms with Gasteiger partial charge in [0.15, 0.2) is 0 Å². The quantitative estimate of drug-likeness (QED) is 0.699. The van der Waals surface area contributed by atoms with Gasteiger partial charge in [-0.05, 0) is 54.8 Å². The van der Waals surface area contributed by atoms with Crippen molar-refractivity contribution in [1.29, 1.82) is 0 Å². The Morgan fingerprint density at radius 1 is 1.04 bits per heavy atom. The summed E-state index contributed by atoms with van der Waals surface area (Å²) in [7, 11) is 0. The number of nitrogens with zero attached hydrogens (tertiary/aromatic N) is 1. The van der Waals surface area contributed by atoms with Crippen LogP contribution in [-0.2, 0) is 11.2 Å². The van der Waals surface area contributed by atoms with Crippen LogP contribution in [0.25, 0.3) is 12.2 Å². The summed E-state index contributed by atoms with van der Waals surface area (Å²) in [6, 6.07) is 22.7. The molecule has 1 amide bonds. The van der Waals surface area contributed by atoms with Crippen molar-refractivity contribution in [1.82, 2.24) is 4.98 Å². The fourth-order valence-electron chi connectivity index (χ4n) is 2.75. The highest BCUT2D eigenvalue weighted by Crippen LogP contribution is 2.14. The number of anilines is 1. The number of hydrogen-bond acceptors (Lipinski definition) is 3. The molecule has 0 aliphatic rings. The highest BCUT2D eigenvalue weighted by molar-refractivity contribution is 5.95. The molecular weight excluding hydrogens is 334 g/mol. The molecule has 1 atom stereocenters. The van der Waals surface area contributed by atoms with Gasteiger partial charge in [-0.15, -0.1) is 0 Å². The molecule has 0 spiro atoms. The first-order valence-corrected chi connectivity index (χ1v) is 8.92. The second-order valence-electron chi connectivity index (χ2n) is 6.45. The van der Waals surface area contributed by atoms with Gasteiger partial charge in [-0.3, -0.25) is 9.78 Å². The molecule has 4 nitrogen and oxygen atoms in total. The van der Waals surface area contributed by atoms with Crippen molar-refractivity contribution in [3.8, 4) is 0 Å². The minimum Gasteiger partial charge on any atom is -0.325 e. The Morgan fingerprint density at radius 2 is 1.81 bits per heavy atom. The normalized spacial score (nSPS) is 12.1. The average molecular weight is 357 g/mol. The van der Waals surface area contributed by atoms with Gasteiger partial charge in [-0.1, -0.05) is 54.6 Å². The summed E-state index contributed by atoms with van der Waals surface area (Å²) >= 11 is 0.